The van der Waals surface area contributed by atoms with Gasteiger partial charge in [-0.2, -0.15) is 0 Å². The van der Waals surface area contributed by atoms with Crippen molar-refractivity contribution < 1.29 is 0 Å². The van der Waals surface area contributed by atoms with Gasteiger partial charge in [-0.1, -0.05) is 115 Å². The first kappa shape index (κ1) is 19.8. The second-order valence-corrected chi connectivity index (χ2v) is 9.06. The van der Waals surface area contributed by atoms with Gasteiger partial charge in [-0.25, -0.2) is 0 Å². The van der Waals surface area contributed by atoms with Crippen LogP contribution >= 0.6 is 0 Å². The molecule has 0 aromatic heterocycles. The average Bonchev–Trinajstić information content (AvgIpc) is 3.15. The van der Waals surface area contributed by atoms with E-state index >= 15 is 0 Å². The molecule has 0 saturated carbocycles. The molecule has 1 aliphatic rings. The minimum absolute atomic E-state index is 0.348. The first-order chi connectivity index (χ1) is 16.2. The van der Waals surface area contributed by atoms with Gasteiger partial charge in [0.1, 0.15) is 0 Å². The topological polar surface area (TPSA) is 0 Å². The summed E-state index contributed by atoms with van der Waals surface area (Å²) in [4.78, 5) is 0. The molecule has 0 heteroatoms. The maximum Gasteiger partial charge on any atom is 0.0713 e. The summed E-state index contributed by atoms with van der Waals surface area (Å²) >= 11 is 0. The molecule has 0 fully saturated rings. The molecule has 0 atom stereocenters. The molecule has 33 heavy (non-hydrogen) atoms. The predicted molar refractivity (Wildman–Crippen MR) is 139 cm³/mol. The van der Waals surface area contributed by atoms with Crippen molar-refractivity contribution in [3.8, 4) is 22.3 Å². The molecule has 0 unspecified atom stereocenters. The Morgan fingerprint density at radius 1 is 0.394 bits per heavy atom. The fraction of sp³-hybridized carbons (Fsp3) is 0.0909. The smallest absolute Gasteiger partial charge is 0.0622 e. The lowest BCUT2D eigenvalue weighted by Gasteiger charge is -2.34. The number of benzene rings is 5. The SMILES string of the molecule is Cc1ccccc1-c1cc2c(cc1C)-c1ccccc1C2(c1ccccc1)c1ccccc1. The van der Waals surface area contributed by atoms with Crippen LogP contribution in [-0.4, -0.2) is 0 Å². The van der Waals surface area contributed by atoms with Crippen LogP contribution in [0.25, 0.3) is 22.3 Å². The Morgan fingerprint density at radius 2 is 0.939 bits per heavy atom. The third-order valence-electron chi connectivity index (χ3n) is 7.24. The van der Waals surface area contributed by atoms with Crippen molar-refractivity contribution >= 4 is 0 Å². The molecule has 0 spiro atoms. The van der Waals surface area contributed by atoms with Gasteiger partial charge < -0.3 is 0 Å². The molecular formula is C33H26. The summed E-state index contributed by atoms with van der Waals surface area (Å²) in [5.74, 6) is 0. The summed E-state index contributed by atoms with van der Waals surface area (Å²) in [6.07, 6.45) is 0. The van der Waals surface area contributed by atoms with Crippen molar-refractivity contribution in [3.63, 3.8) is 0 Å². The van der Waals surface area contributed by atoms with E-state index in [-0.39, 0.29) is 5.41 Å². The molecule has 0 saturated heterocycles. The number of aryl methyl sites for hydroxylation is 2. The maximum absolute atomic E-state index is 2.47. The fourth-order valence-electron chi connectivity index (χ4n) is 5.76. The molecule has 5 aromatic rings. The van der Waals surface area contributed by atoms with Crippen LogP contribution < -0.4 is 0 Å². The maximum atomic E-state index is 2.47. The fourth-order valence-corrected chi connectivity index (χ4v) is 5.76. The van der Waals surface area contributed by atoms with E-state index in [0.717, 1.165) is 0 Å². The summed E-state index contributed by atoms with van der Waals surface area (Å²) in [5.41, 5.74) is 12.9. The highest BCUT2D eigenvalue weighted by Crippen LogP contribution is 2.57. The van der Waals surface area contributed by atoms with E-state index in [1.165, 1.54) is 55.6 Å². The van der Waals surface area contributed by atoms with Gasteiger partial charge in [-0.05, 0) is 75.5 Å². The third kappa shape index (κ3) is 2.84. The average molecular weight is 423 g/mol. The molecule has 0 bridgehead atoms. The van der Waals surface area contributed by atoms with E-state index in [0.29, 0.717) is 0 Å². The lowest BCUT2D eigenvalue weighted by atomic mass is 9.67. The zero-order valence-corrected chi connectivity index (χ0v) is 19.0. The molecule has 5 aromatic carbocycles. The van der Waals surface area contributed by atoms with Crippen LogP contribution in [0.15, 0.2) is 121 Å². The van der Waals surface area contributed by atoms with Crippen molar-refractivity contribution in [3.05, 3.63) is 155 Å². The highest BCUT2D eigenvalue weighted by molar-refractivity contribution is 5.89. The van der Waals surface area contributed by atoms with Gasteiger partial charge in [-0.3, -0.25) is 0 Å². The van der Waals surface area contributed by atoms with Crippen LogP contribution in [0.5, 0.6) is 0 Å². The Labute approximate surface area is 196 Å². The zero-order valence-electron chi connectivity index (χ0n) is 19.0. The van der Waals surface area contributed by atoms with Gasteiger partial charge in [-0.15, -0.1) is 0 Å². The van der Waals surface area contributed by atoms with Gasteiger partial charge in [0.05, 0.1) is 5.41 Å². The number of hydrogen-bond donors (Lipinski definition) is 0. The Hall–Kier alpha value is -3.90. The van der Waals surface area contributed by atoms with Crippen LogP contribution in [0, 0.1) is 13.8 Å². The molecule has 0 nitrogen and oxygen atoms in total. The van der Waals surface area contributed by atoms with Crippen molar-refractivity contribution in [2.75, 3.05) is 0 Å². The van der Waals surface area contributed by atoms with Crippen molar-refractivity contribution in [1.82, 2.24) is 0 Å². The summed E-state index contributed by atoms with van der Waals surface area (Å²) in [7, 11) is 0. The van der Waals surface area contributed by atoms with Crippen LogP contribution in [0.4, 0.5) is 0 Å². The molecule has 0 aliphatic heterocycles. The Bertz CT molecular complexity index is 1420. The van der Waals surface area contributed by atoms with Crippen LogP contribution in [0.2, 0.25) is 0 Å². The van der Waals surface area contributed by atoms with Crippen LogP contribution in [0.1, 0.15) is 33.4 Å². The normalized spacial score (nSPS) is 13.4. The van der Waals surface area contributed by atoms with Gasteiger partial charge in [0, 0.05) is 0 Å². The molecule has 0 radical (unpaired) electrons. The lowest BCUT2D eigenvalue weighted by molar-refractivity contribution is 0.768. The number of fused-ring (bicyclic) bond motifs is 3. The molecule has 0 amide bonds. The Balaban J connectivity index is 1.77. The molecular weight excluding hydrogens is 396 g/mol. The quantitative estimate of drug-likeness (QED) is 0.269. The number of rotatable bonds is 3. The summed E-state index contributed by atoms with van der Waals surface area (Å²) < 4.78 is 0. The van der Waals surface area contributed by atoms with Crippen LogP contribution in [-0.2, 0) is 5.41 Å². The third-order valence-corrected chi connectivity index (χ3v) is 7.24. The van der Waals surface area contributed by atoms with Crippen molar-refractivity contribution in [2.45, 2.75) is 19.3 Å². The van der Waals surface area contributed by atoms with Gasteiger partial charge >= 0.3 is 0 Å². The van der Waals surface area contributed by atoms with E-state index in [2.05, 4.69) is 135 Å². The minimum Gasteiger partial charge on any atom is -0.0622 e. The zero-order chi connectivity index (χ0) is 22.4. The highest BCUT2D eigenvalue weighted by atomic mass is 14.5. The van der Waals surface area contributed by atoms with Crippen LogP contribution in [0.3, 0.4) is 0 Å². The molecule has 6 rings (SSSR count). The number of hydrogen-bond acceptors (Lipinski definition) is 0. The highest BCUT2D eigenvalue weighted by Gasteiger charge is 2.46. The summed E-state index contributed by atoms with van der Waals surface area (Å²) in [5, 5.41) is 0. The van der Waals surface area contributed by atoms with Gasteiger partial charge in [0.2, 0.25) is 0 Å². The first-order valence-corrected chi connectivity index (χ1v) is 11.6. The lowest BCUT2D eigenvalue weighted by Crippen LogP contribution is -2.28. The van der Waals surface area contributed by atoms with Crippen molar-refractivity contribution in [1.29, 1.82) is 0 Å². The second-order valence-electron chi connectivity index (χ2n) is 9.06. The van der Waals surface area contributed by atoms with Gasteiger partial charge in [0.25, 0.3) is 0 Å². The largest absolute Gasteiger partial charge is 0.0713 e. The van der Waals surface area contributed by atoms with E-state index in [1.54, 1.807) is 0 Å². The van der Waals surface area contributed by atoms with E-state index < -0.39 is 0 Å². The van der Waals surface area contributed by atoms with E-state index in [9.17, 15) is 0 Å². The first-order valence-electron chi connectivity index (χ1n) is 11.6. The molecule has 0 N–H and O–H groups in total. The Morgan fingerprint density at radius 3 is 1.58 bits per heavy atom. The molecule has 1 aliphatic carbocycles. The van der Waals surface area contributed by atoms with Gasteiger partial charge in [0.15, 0.2) is 0 Å². The van der Waals surface area contributed by atoms with E-state index in [4.69, 9.17) is 0 Å². The van der Waals surface area contributed by atoms with E-state index in [1.807, 2.05) is 0 Å². The second kappa shape index (κ2) is 7.60. The monoisotopic (exact) mass is 422 g/mol. The summed E-state index contributed by atoms with van der Waals surface area (Å²) in [6, 6.07) is 44.6. The predicted octanol–water partition coefficient (Wildman–Crippen LogP) is 8.33. The molecule has 158 valence electrons. The van der Waals surface area contributed by atoms with Crippen molar-refractivity contribution in [2.24, 2.45) is 0 Å². The molecule has 0 heterocycles. The minimum atomic E-state index is -0.348. The Kier molecular flexibility index (Phi) is 4.55. The summed E-state index contributed by atoms with van der Waals surface area (Å²) in [6.45, 7) is 4.45. The standard InChI is InChI=1S/C33H26/c1-23-13-9-10-18-27(23)29-22-32-30(21-24(29)2)28-19-11-12-20-31(28)33(32,25-14-5-3-6-15-25)26-16-7-4-8-17-26/h3-22H,1-2H3.